The standard InChI is InChI=1S/C14H21BrN4O2/c1-5-9-12(15)10(18(4)17-9)6-19-7-11(20)16-13(8(2)3)14(19)21/h8,13H,5-7H2,1-4H3,(H,16,20). The molecule has 0 aliphatic carbocycles. The maximum atomic E-state index is 12.5. The van der Waals surface area contributed by atoms with E-state index in [1.54, 1.807) is 9.58 Å². The summed E-state index contributed by atoms with van der Waals surface area (Å²) in [4.78, 5) is 25.9. The zero-order valence-electron chi connectivity index (χ0n) is 12.8. The molecule has 2 heterocycles. The molecule has 0 spiro atoms. The molecular formula is C14H21BrN4O2. The van der Waals surface area contributed by atoms with Crippen molar-refractivity contribution in [3.63, 3.8) is 0 Å². The normalized spacial score (nSPS) is 19.3. The van der Waals surface area contributed by atoms with E-state index in [1.807, 2.05) is 27.8 Å². The van der Waals surface area contributed by atoms with E-state index >= 15 is 0 Å². The summed E-state index contributed by atoms with van der Waals surface area (Å²) in [5, 5.41) is 7.19. The molecule has 1 fully saturated rings. The smallest absolute Gasteiger partial charge is 0.246 e. The van der Waals surface area contributed by atoms with Crippen LogP contribution in [0, 0.1) is 5.92 Å². The third-order valence-corrected chi connectivity index (χ3v) is 4.65. The highest BCUT2D eigenvalue weighted by molar-refractivity contribution is 9.10. The number of hydrogen-bond acceptors (Lipinski definition) is 3. The van der Waals surface area contributed by atoms with Gasteiger partial charge in [0.1, 0.15) is 12.6 Å². The Balaban J connectivity index is 2.24. The Bertz CT molecular complexity index is 568. The largest absolute Gasteiger partial charge is 0.343 e. The molecule has 1 atom stereocenters. The summed E-state index contributed by atoms with van der Waals surface area (Å²) in [5.74, 6) is -0.0662. The lowest BCUT2D eigenvalue weighted by Gasteiger charge is -2.34. The Labute approximate surface area is 133 Å². The van der Waals surface area contributed by atoms with Gasteiger partial charge in [-0.25, -0.2) is 0 Å². The van der Waals surface area contributed by atoms with Crippen molar-refractivity contribution in [2.24, 2.45) is 13.0 Å². The Morgan fingerprint density at radius 2 is 2.10 bits per heavy atom. The van der Waals surface area contributed by atoms with Crippen molar-refractivity contribution < 1.29 is 9.59 Å². The number of rotatable bonds is 4. The van der Waals surface area contributed by atoms with Crippen LogP contribution in [0.2, 0.25) is 0 Å². The van der Waals surface area contributed by atoms with E-state index in [2.05, 4.69) is 26.3 Å². The number of carbonyl (C=O) groups excluding carboxylic acids is 2. The van der Waals surface area contributed by atoms with Crippen LogP contribution in [0.1, 0.15) is 32.2 Å². The molecule has 1 aliphatic heterocycles. The minimum absolute atomic E-state index is 0.0317. The molecule has 116 valence electrons. The van der Waals surface area contributed by atoms with Crippen LogP contribution in [0.15, 0.2) is 4.47 Å². The van der Waals surface area contributed by atoms with Gasteiger partial charge < -0.3 is 10.2 Å². The molecule has 0 saturated carbocycles. The number of halogens is 1. The number of amides is 2. The molecular weight excluding hydrogens is 336 g/mol. The average molecular weight is 357 g/mol. The van der Waals surface area contributed by atoms with Crippen LogP contribution in [0.3, 0.4) is 0 Å². The van der Waals surface area contributed by atoms with E-state index in [1.165, 1.54) is 0 Å². The van der Waals surface area contributed by atoms with Crippen molar-refractivity contribution in [1.29, 1.82) is 0 Å². The Morgan fingerprint density at radius 3 is 2.62 bits per heavy atom. The van der Waals surface area contributed by atoms with Gasteiger partial charge in [-0.3, -0.25) is 14.3 Å². The fraction of sp³-hybridized carbons (Fsp3) is 0.643. The van der Waals surface area contributed by atoms with Gasteiger partial charge in [-0.1, -0.05) is 20.8 Å². The van der Waals surface area contributed by atoms with E-state index in [9.17, 15) is 9.59 Å². The predicted molar refractivity (Wildman–Crippen MR) is 82.5 cm³/mol. The minimum Gasteiger partial charge on any atom is -0.343 e. The Hall–Kier alpha value is -1.37. The first-order valence-electron chi connectivity index (χ1n) is 7.13. The summed E-state index contributed by atoms with van der Waals surface area (Å²) in [6, 6.07) is -0.441. The van der Waals surface area contributed by atoms with Gasteiger partial charge in [-0.15, -0.1) is 0 Å². The number of piperazine rings is 1. The molecule has 21 heavy (non-hydrogen) atoms. The van der Waals surface area contributed by atoms with Gasteiger partial charge in [0.15, 0.2) is 0 Å². The number of hydrogen-bond donors (Lipinski definition) is 1. The summed E-state index contributed by atoms with van der Waals surface area (Å²) >= 11 is 3.55. The first-order valence-corrected chi connectivity index (χ1v) is 7.92. The lowest BCUT2D eigenvalue weighted by Crippen LogP contribution is -2.59. The third kappa shape index (κ3) is 3.12. The second-order valence-electron chi connectivity index (χ2n) is 5.67. The molecule has 1 N–H and O–H groups in total. The molecule has 1 unspecified atom stereocenters. The summed E-state index contributed by atoms with van der Waals surface area (Å²) < 4.78 is 2.69. The van der Waals surface area contributed by atoms with Crippen molar-refractivity contribution in [2.75, 3.05) is 6.54 Å². The second-order valence-corrected chi connectivity index (χ2v) is 6.46. The summed E-state index contributed by atoms with van der Waals surface area (Å²) in [5.41, 5.74) is 1.87. The van der Waals surface area contributed by atoms with Crippen molar-refractivity contribution in [1.82, 2.24) is 20.0 Å². The SMILES string of the molecule is CCc1nn(C)c(CN2CC(=O)NC(C(C)C)C2=O)c1Br. The van der Waals surface area contributed by atoms with Crippen LogP contribution < -0.4 is 5.32 Å². The van der Waals surface area contributed by atoms with Gasteiger partial charge in [-0.05, 0) is 28.3 Å². The first-order chi connectivity index (χ1) is 9.85. The molecule has 0 aromatic carbocycles. The zero-order valence-corrected chi connectivity index (χ0v) is 14.4. The van der Waals surface area contributed by atoms with Gasteiger partial charge in [0.25, 0.3) is 0 Å². The quantitative estimate of drug-likeness (QED) is 0.881. The number of aromatic nitrogens is 2. The molecule has 6 nitrogen and oxygen atoms in total. The lowest BCUT2D eigenvalue weighted by atomic mass is 10.0. The fourth-order valence-corrected chi connectivity index (χ4v) is 3.23. The molecule has 1 saturated heterocycles. The molecule has 2 rings (SSSR count). The van der Waals surface area contributed by atoms with E-state index in [0.717, 1.165) is 22.3 Å². The second kappa shape index (κ2) is 6.17. The molecule has 0 bridgehead atoms. The van der Waals surface area contributed by atoms with Crippen LogP contribution >= 0.6 is 15.9 Å². The highest BCUT2D eigenvalue weighted by atomic mass is 79.9. The average Bonchev–Trinajstić information content (AvgIpc) is 2.69. The summed E-state index contributed by atoms with van der Waals surface area (Å²) in [6.07, 6.45) is 0.817. The van der Waals surface area contributed by atoms with E-state index in [4.69, 9.17) is 0 Å². The van der Waals surface area contributed by atoms with E-state index in [-0.39, 0.29) is 24.3 Å². The number of nitrogens with one attached hydrogen (secondary N) is 1. The van der Waals surface area contributed by atoms with Gasteiger partial charge in [0.05, 0.1) is 22.4 Å². The van der Waals surface area contributed by atoms with Gasteiger partial charge in [0, 0.05) is 7.05 Å². The Kier molecular flexibility index (Phi) is 4.70. The molecule has 1 aromatic rings. The van der Waals surface area contributed by atoms with Crippen LogP contribution in [-0.4, -0.2) is 39.1 Å². The lowest BCUT2D eigenvalue weighted by molar-refractivity contribution is -0.146. The van der Waals surface area contributed by atoms with Gasteiger partial charge in [0.2, 0.25) is 11.8 Å². The summed E-state index contributed by atoms with van der Waals surface area (Å²) in [7, 11) is 1.85. The molecule has 2 amide bonds. The molecule has 0 radical (unpaired) electrons. The zero-order chi connectivity index (χ0) is 15.7. The number of nitrogens with zero attached hydrogens (tertiary/aromatic N) is 3. The van der Waals surface area contributed by atoms with Crippen molar-refractivity contribution in [3.8, 4) is 0 Å². The first kappa shape index (κ1) is 16.0. The van der Waals surface area contributed by atoms with Crippen LogP contribution in [0.4, 0.5) is 0 Å². The number of carbonyl (C=O) groups is 2. The van der Waals surface area contributed by atoms with Crippen LogP contribution in [-0.2, 0) is 29.6 Å². The molecule has 1 aromatic heterocycles. The van der Waals surface area contributed by atoms with Crippen LogP contribution in [0.25, 0.3) is 0 Å². The molecule has 1 aliphatic rings. The maximum Gasteiger partial charge on any atom is 0.246 e. The van der Waals surface area contributed by atoms with Crippen molar-refractivity contribution in [2.45, 2.75) is 39.8 Å². The topological polar surface area (TPSA) is 67.2 Å². The minimum atomic E-state index is -0.441. The van der Waals surface area contributed by atoms with Crippen LogP contribution in [0.5, 0.6) is 0 Å². The highest BCUT2D eigenvalue weighted by Crippen LogP contribution is 2.24. The highest BCUT2D eigenvalue weighted by Gasteiger charge is 2.35. The fourth-order valence-electron chi connectivity index (χ4n) is 2.49. The maximum absolute atomic E-state index is 12.5. The predicted octanol–water partition coefficient (Wildman–Crippen LogP) is 1.23. The Morgan fingerprint density at radius 1 is 1.43 bits per heavy atom. The monoisotopic (exact) mass is 356 g/mol. The van der Waals surface area contributed by atoms with Crippen molar-refractivity contribution >= 4 is 27.7 Å². The van der Waals surface area contributed by atoms with Crippen molar-refractivity contribution in [3.05, 3.63) is 15.9 Å². The summed E-state index contributed by atoms with van der Waals surface area (Å²) in [6.45, 7) is 6.38. The van der Waals surface area contributed by atoms with Gasteiger partial charge >= 0.3 is 0 Å². The van der Waals surface area contributed by atoms with E-state index in [0.29, 0.717) is 6.54 Å². The number of aryl methyl sites for hydroxylation is 2. The van der Waals surface area contributed by atoms with Gasteiger partial charge in [-0.2, -0.15) is 5.10 Å². The third-order valence-electron chi connectivity index (χ3n) is 3.74. The molecule has 7 heteroatoms. The van der Waals surface area contributed by atoms with E-state index < -0.39 is 6.04 Å².